The number of halogens is 4. The highest BCUT2D eigenvalue weighted by Crippen LogP contribution is 2.37. The molecule has 13 heteroatoms. The van der Waals surface area contributed by atoms with Crippen molar-refractivity contribution in [3.63, 3.8) is 0 Å². The maximum atomic E-state index is 13.5. The maximum absolute atomic E-state index is 13.5. The number of methoxy groups -OCH3 is 1. The van der Waals surface area contributed by atoms with Gasteiger partial charge in [-0.15, -0.1) is 0 Å². The Bertz CT molecular complexity index is 1260. The van der Waals surface area contributed by atoms with Crippen LogP contribution in [-0.2, 0) is 32.3 Å². The van der Waals surface area contributed by atoms with Gasteiger partial charge in [0.1, 0.15) is 18.3 Å². The molecule has 210 valence electrons. The van der Waals surface area contributed by atoms with Crippen molar-refractivity contribution in [2.24, 2.45) is 0 Å². The van der Waals surface area contributed by atoms with E-state index in [4.69, 9.17) is 16.3 Å². The first-order chi connectivity index (χ1) is 17.6. The Morgan fingerprint density at radius 3 is 2.34 bits per heavy atom. The molecule has 8 nitrogen and oxygen atoms in total. The van der Waals surface area contributed by atoms with E-state index in [1.807, 2.05) is 6.92 Å². The van der Waals surface area contributed by atoms with Crippen LogP contribution in [0.1, 0.15) is 38.3 Å². The van der Waals surface area contributed by atoms with Crippen molar-refractivity contribution in [3.8, 4) is 5.75 Å². The Balaban J connectivity index is 2.49. The van der Waals surface area contributed by atoms with Crippen LogP contribution in [0.15, 0.2) is 42.5 Å². The lowest BCUT2D eigenvalue weighted by Gasteiger charge is -2.32. The largest absolute Gasteiger partial charge is 0.497 e. The van der Waals surface area contributed by atoms with E-state index in [9.17, 15) is 31.2 Å². The molecule has 0 aliphatic heterocycles. The number of nitrogens with zero attached hydrogens (tertiary/aromatic N) is 2. The molecule has 2 aromatic carbocycles. The monoisotopic (exact) mass is 577 g/mol. The second-order valence-corrected chi connectivity index (χ2v) is 11.1. The molecule has 2 atom stereocenters. The van der Waals surface area contributed by atoms with E-state index >= 15 is 0 Å². The van der Waals surface area contributed by atoms with Gasteiger partial charge in [-0.3, -0.25) is 13.9 Å². The van der Waals surface area contributed by atoms with E-state index in [1.165, 1.54) is 18.9 Å². The number of benzene rings is 2. The summed E-state index contributed by atoms with van der Waals surface area (Å²) in [5.41, 5.74) is -1.04. The summed E-state index contributed by atoms with van der Waals surface area (Å²) < 4.78 is 71.3. The Morgan fingerprint density at radius 1 is 1.13 bits per heavy atom. The van der Waals surface area contributed by atoms with Gasteiger partial charge in [0.05, 0.1) is 29.6 Å². The van der Waals surface area contributed by atoms with Crippen LogP contribution >= 0.6 is 11.6 Å². The van der Waals surface area contributed by atoms with Crippen LogP contribution in [0.3, 0.4) is 0 Å². The first-order valence-corrected chi connectivity index (χ1v) is 13.9. The molecule has 0 heterocycles. The summed E-state index contributed by atoms with van der Waals surface area (Å²) in [6.07, 6.45) is -3.43. The SMILES string of the molecule is CC[C@@H](C)NC(=O)[C@@H](C)N(Cc1cccc(OC)c1)C(=O)CN(c1ccc(Cl)c(C(F)(F)F)c1)S(C)(=O)=O. The second-order valence-electron chi connectivity index (χ2n) is 8.80. The predicted molar refractivity (Wildman–Crippen MR) is 140 cm³/mol. The summed E-state index contributed by atoms with van der Waals surface area (Å²) in [6, 6.07) is 8.10. The number of rotatable bonds is 11. The van der Waals surface area contributed by atoms with E-state index in [0.29, 0.717) is 28.1 Å². The lowest BCUT2D eigenvalue weighted by Crippen LogP contribution is -2.52. The average molecular weight is 578 g/mol. The van der Waals surface area contributed by atoms with Crippen molar-refractivity contribution >= 4 is 39.1 Å². The zero-order valence-electron chi connectivity index (χ0n) is 21.7. The first kappa shape index (κ1) is 31.2. The van der Waals surface area contributed by atoms with Crippen molar-refractivity contribution in [1.29, 1.82) is 0 Å². The van der Waals surface area contributed by atoms with Gasteiger partial charge in [0, 0.05) is 12.6 Å². The summed E-state index contributed by atoms with van der Waals surface area (Å²) in [5.74, 6) is -0.758. The van der Waals surface area contributed by atoms with Crippen LogP contribution in [0.2, 0.25) is 5.02 Å². The van der Waals surface area contributed by atoms with E-state index in [0.717, 1.165) is 18.4 Å². The molecule has 0 unspecified atom stereocenters. The van der Waals surface area contributed by atoms with Crippen molar-refractivity contribution in [2.75, 3.05) is 24.2 Å². The second kappa shape index (κ2) is 12.7. The molecule has 0 radical (unpaired) electrons. The predicted octanol–water partition coefficient (Wildman–Crippen LogP) is 4.47. The summed E-state index contributed by atoms with van der Waals surface area (Å²) in [7, 11) is -2.75. The zero-order chi connectivity index (χ0) is 28.8. The van der Waals surface area contributed by atoms with Gasteiger partial charge in [0.2, 0.25) is 21.8 Å². The molecule has 0 bridgehead atoms. The normalized spacial score (nSPS) is 13.4. The molecule has 0 saturated heterocycles. The molecule has 0 saturated carbocycles. The fraction of sp³-hybridized carbons (Fsp3) is 0.440. The lowest BCUT2D eigenvalue weighted by molar-refractivity contribution is -0.139. The van der Waals surface area contributed by atoms with Crippen LogP contribution in [0.25, 0.3) is 0 Å². The van der Waals surface area contributed by atoms with Gasteiger partial charge in [-0.25, -0.2) is 8.42 Å². The topological polar surface area (TPSA) is 96.0 Å². The van der Waals surface area contributed by atoms with Crippen LogP contribution in [0.5, 0.6) is 5.75 Å². The summed E-state index contributed by atoms with van der Waals surface area (Å²) in [4.78, 5) is 27.6. The molecule has 0 aliphatic rings. The summed E-state index contributed by atoms with van der Waals surface area (Å²) in [5, 5.41) is 2.17. The third-order valence-electron chi connectivity index (χ3n) is 5.88. The Morgan fingerprint density at radius 2 is 1.79 bits per heavy atom. The van der Waals surface area contributed by atoms with E-state index in [1.54, 1.807) is 31.2 Å². The Hall–Kier alpha value is -2.99. The molecule has 1 N–H and O–H groups in total. The van der Waals surface area contributed by atoms with Gasteiger partial charge < -0.3 is 15.0 Å². The van der Waals surface area contributed by atoms with Crippen molar-refractivity contribution in [1.82, 2.24) is 10.2 Å². The van der Waals surface area contributed by atoms with Crippen LogP contribution < -0.4 is 14.4 Å². The number of anilines is 1. The number of hydrogen-bond donors (Lipinski definition) is 1. The third-order valence-corrected chi connectivity index (χ3v) is 7.35. The van der Waals surface area contributed by atoms with Gasteiger partial charge in [-0.1, -0.05) is 30.7 Å². The molecule has 0 spiro atoms. The fourth-order valence-corrected chi connectivity index (χ4v) is 4.58. The van der Waals surface area contributed by atoms with E-state index in [2.05, 4.69) is 5.32 Å². The number of alkyl halides is 3. The number of carbonyl (C=O) groups is 2. The standard InChI is InChI=1S/C25H31ClF3N3O5S/c1-6-16(2)30-24(34)17(3)31(14-18-8-7-9-20(12-18)37-4)23(33)15-32(38(5,35)36)19-10-11-22(26)21(13-19)25(27,28)29/h7-13,16-17H,6,14-15H2,1-5H3,(H,30,34)/t16-,17-/m1/s1. The number of sulfonamides is 1. The number of carbonyl (C=O) groups excluding carboxylic acids is 2. The highest BCUT2D eigenvalue weighted by Gasteiger charge is 2.35. The number of amides is 2. The van der Waals surface area contributed by atoms with Crippen LogP contribution in [0, 0.1) is 0 Å². The Labute approximate surface area is 225 Å². The van der Waals surface area contributed by atoms with E-state index in [-0.39, 0.29) is 12.6 Å². The molecule has 0 aliphatic carbocycles. The highest BCUT2D eigenvalue weighted by molar-refractivity contribution is 7.92. The average Bonchev–Trinajstić information content (AvgIpc) is 2.84. The quantitative estimate of drug-likeness (QED) is 0.425. The maximum Gasteiger partial charge on any atom is 0.417 e. The van der Waals surface area contributed by atoms with Crippen LogP contribution in [-0.4, -0.2) is 57.1 Å². The van der Waals surface area contributed by atoms with Crippen LogP contribution in [0.4, 0.5) is 18.9 Å². The number of ether oxygens (including phenoxy) is 1. The minimum Gasteiger partial charge on any atom is -0.497 e. The van der Waals surface area contributed by atoms with E-state index < -0.39 is 56.9 Å². The van der Waals surface area contributed by atoms with Crippen molar-refractivity contribution in [2.45, 2.75) is 52.0 Å². The third kappa shape index (κ3) is 8.26. The van der Waals surface area contributed by atoms with Gasteiger partial charge in [0.15, 0.2) is 0 Å². The molecule has 0 aromatic heterocycles. The Kier molecular flexibility index (Phi) is 10.4. The van der Waals surface area contributed by atoms with Crippen molar-refractivity contribution in [3.05, 3.63) is 58.6 Å². The fourth-order valence-electron chi connectivity index (χ4n) is 3.51. The minimum atomic E-state index is -4.85. The van der Waals surface area contributed by atoms with Gasteiger partial charge >= 0.3 is 6.18 Å². The van der Waals surface area contributed by atoms with Gasteiger partial charge in [-0.2, -0.15) is 13.2 Å². The van der Waals surface area contributed by atoms with Gasteiger partial charge in [0.25, 0.3) is 0 Å². The zero-order valence-corrected chi connectivity index (χ0v) is 23.2. The molecular formula is C25H31ClF3N3O5S. The molecule has 2 aromatic rings. The lowest BCUT2D eigenvalue weighted by atomic mass is 10.1. The first-order valence-electron chi connectivity index (χ1n) is 11.7. The molecule has 2 rings (SSSR count). The molecular weight excluding hydrogens is 547 g/mol. The summed E-state index contributed by atoms with van der Waals surface area (Å²) >= 11 is 5.68. The molecule has 2 amide bonds. The number of hydrogen-bond acceptors (Lipinski definition) is 5. The highest BCUT2D eigenvalue weighted by atomic mass is 35.5. The van der Waals surface area contributed by atoms with Gasteiger partial charge in [-0.05, 0) is 56.2 Å². The number of nitrogens with one attached hydrogen (secondary N) is 1. The molecule has 0 fully saturated rings. The summed E-state index contributed by atoms with van der Waals surface area (Å²) in [6.45, 7) is 4.23. The van der Waals surface area contributed by atoms with Crippen molar-refractivity contribution < 1.29 is 35.9 Å². The molecule has 38 heavy (non-hydrogen) atoms. The minimum absolute atomic E-state index is 0.0862. The smallest absolute Gasteiger partial charge is 0.417 e.